The molecule has 2 rings (SSSR count). The molecule has 3 atom stereocenters. The van der Waals surface area contributed by atoms with Crippen molar-refractivity contribution in [3.05, 3.63) is 35.4 Å². The zero-order valence-corrected chi connectivity index (χ0v) is 12.4. The van der Waals surface area contributed by atoms with Crippen LogP contribution < -0.4 is 11.3 Å². The third kappa shape index (κ3) is 3.62. The van der Waals surface area contributed by atoms with Crippen molar-refractivity contribution in [1.82, 2.24) is 5.43 Å². The van der Waals surface area contributed by atoms with E-state index < -0.39 is 11.6 Å². The van der Waals surface area contributed by atoms with Crippen molar-refractivity contribution in [2.24, 2.45) is 5.84 Å². The summed E-state index contributed by atoms with van der Waals surface area (Å²) in [4.78, 5) is 0. The number of halogens is 2. The minimum atomic E-state index is -0.559. The van der Waals surface area contributed by atoms with E-state index in [1.807, 2.05) is 23.5 Å². The van der Waals surface area contributed by atoms with E-state index in [2.05, 4.69) is 12.3 Å². The summed E-state index contributed by atoms with van der Waals surface area (Å²) in [6, 6.07) is 3.38. The lowest BCUT2D eigenvalue weighted by atomic mass is 10.0. The smallest absolute Gasteiger partial charge is 0.126 e. The third-order valence-corrected chi connectivity index (χ3v) is 6.60. The highest BCUT2D eigenvalue weighted by Gasteiger charge is 2.32. The Bertz CT molecular complexity index is 411. The Morgan fingerprint density at radius 2 is 1.89 bits per heavy atom. The van der Waals surface area contributed by atoms with Crippen molar-refractivity contribution in [2.45, 2.75) is 29.9 Å². The summed E-state index contributed by atoms with van der Waals surface area (Å²) < 4.78 is 26.7. The van der Waals surface area contributed by atoms with E-state index in [9.17, 15) is 8.78 Å². The Labute approximate surface area is 120 Å². The summed E-state index contributed by atoms with van der Waals surface area (Å²) in [5.41, 5.74) is 3.32. The number of thioether (sulfide) groups is 2. The Morgan fingerprint density at radius 3 is 2.47 bits per heavy atom. The van der Waals surface area contributed by atoms with Crippen LogP contribution in [0.3, 0.4) is 0 Å². The van der Waals surface area contributed by atoms with Crippen LogP contribution in [0, 0.1) is 11.6 Å². The highest BCUT2D eigenvalue weighted by Crippen LogP contribution is 2.40. The first-order valence-corrected chi connectivity index (χ1v) is 8.40. The number of benzene rings is 1. The second kappa shape index (κ2) is 6.92. The van der Waals surface area contributed by atoms with Crippen molar-refractivity contribution in [3.8, 4) is 0 Å². The topological polar surface area (TPSA) is 38.0 Å². The van der Waals surface area contributed by atoms with Gasteiger partial charge in [-0.1, -0.05) is 6.92 Å². The van der Waals surface area contributed by atoms with Gasteiger partial charge in [-0.25, -0.2) is 8.78 Å². The highest BCUT2D eigenvalue weighted by molar-refractivity contribution is 8.07. The second-order valence-corrected chi connectivity index (χ2v) is 7.13. The van der Waals surface area contributed by atoms with Crippen LogP contribution in [0.1, 0.15) is 24.9 Å². The molecule has 19 heavy (non-hydrogen) atoms. The molecule has 1 aliphatic heterocycles. The van der Waals surface area contributed by atoms with Crippen LogP contribution >= 0.6 is 23.5 Å². The van der Waals surface area contributed by atoms with Gasteiger partial charge in [-0.05, 0) is 24.1 Å². The standard InChI is InChI=1S/C13H18F2N2S2/c1-2-11-13(19-4-3-18-11)12(17-16)8-5-9(14)7-10(15)6-8/h5-7,11-13,17H,2-4,16H2,1H3. The summed E-state index contributed by atoms with van der Waals surface area (Å²) in [5, 5.41) is 0.682. The molecule has 1 aromatic carbocycles. The average Bonchev–Trinajstić information content (AvgIpc) is 2.39. The van der Waals surface area contributed by atoms with Gasteiger partial charge in [-0.2, -0.15) is 23.5 Å². The van der Waals surface area contributed by atoms with Crippen LogP contribution in [-0.2, 0) is 0 Å². The van der Waals surface area contributed by atoms with Gasteiger partial charge in [0.25, 0.3) is 0 Å². The fourth-order valence-corrected chi connectivity index (χ4v) is 5.62. The summed E-state index contributed by atoms with van der Waals surface area (Å²) in [6.45, 7) is 2.14. The molecule has 6 heteroatoms. The molecule has 0 bridgehead atoms. The molecule has 1 fully saturated rings. The molecule has 0 aliphatic carbocycles. The summed E-state index contributed by atoms with van der Waals surface area (Å²) in [7, 11) is 0. The van der Waals surface area contributed by atoms with E-state index in [1.165, 1.54) is 12.1 Å². The number of nitrogens with two attached hydrogens (primary N) is 1. The Morgan fingerprint density at radius 1 is 1.26 bits per heavy atom. The number of hydrogen-bond acceptors (Lipinski definition) is 4. The maximum absolute atomic E-state index is 13.4. The van der Waals surface area contributed by atoms with Gasteiger partial charge in [0.05, 0.1) is 6.04 Å². The first-order valence-electron chi connectivity index (χ1n) is 6.31. The number of nitrogens with one attached hydrogen (secondary N) is 1. The van der Waals surface area contributed by atoms with Crippen LogP contribution in [0.15, 0.2) is 18.2 Å². The predicted octanol–water partition coefficient (Wildman–Crippen LogP) is 3.10. The quantitative estimate of drug-likeness (QED) is 0.662. The van der Waals surface area contributed by atoms with Crippen molar-refractivity contribution < 1.29 is 8.78 Å². The summed E-state index contributed by atoms with van der Waals surface area (Å²) in [5.74, 6) is 6.68. The maximum atomic E-state index is 13.4. The fourth-order valence-electron chi connectivity index (χ4n) is 2.38. The van der Waals surface area contributed by atoms with E-state index in [0.29, 0.717) is 10.8 Å². The summed E-state index contributed by atoms with van der Waals surface area (Å²) >= 11 is 3.74. The van der Waals surface area contributed by atoms with Gasteiger partial charge in [0.1, 0.15) is 11.6 Å². The molecule has 0 saturated carbocycles. The predicted molar refractivity (Wildman–Crippen MR) is 79.2 cm³/mol. The molecule has 1 saturated heterocycles. The molecule has 3 N–H and O–H groups in total. The second-order valence-electron chi connectivity index (χ2n) is 4.50. The van der Waals surface area contributed by atoms with Gasteiger partial charge in [0.15, 0.2) is 0 Å². The van der Waals surface area contributed by atoms with Crippen LogP contribution in [0.5, 0.6) is 0 Å². The average molecular weight is 304 g/mol. The maximum Gasteiger partial charge on any atom is 0.126 e. The van der Waals surface area contributed by atoms with Crippen molar-refractivity contribution >= 4 is 23.5 Å². The minimum absolute atomic E-state index is 0.229. The molecular formula is C13H18F2N2S2. The van der Waals surface area contributed by atoms with Gasteiger partial charge in [-0.3, -0.25) is 11.3 Å². The van der Waals surface area contributed by atoms with Crippen LogP contribution in [0.2, 0.25) is 0 Å². The molecule has 0 amide bonds. The van der Waals surface area contributed by atoms with E-state index in [4.69, 9.17) is 5.84 Å². The number of rotatable bonds is 4. The molecule has 1 aromatic rings. The SMILES string of the molecule is CCC1SCCSC1C(NN)c1cc(F)cc(F)c1. The summed E-state index contributed by atoms with van der Waals surface area (Å²) in [6.07, 6.45) is 1.03. The first-order chi connectivity index (χ1) is 9.15. The molecule has 0 spiro atoms. The van der Waals surface area contributed by atoms with Gasteiger partial charge in [-0.15, -0.1) is 0 Å². The van der Waals surface area contributed by atoms with Crippen LogP contribution in [0.4, 0.5) is 8.78 Å². The van der Waals surface area contributed by atoms with E-state index >= 15 is 0 Å². The lowest BCUT2D eigenvalue weighted by Gasteiger charge is -2.35. The lowest BCUT2D eigenvalue weighted by Crippen LogP contribution is -2.41. The molecule has 2 nitrogen and oxygen atoms in total. The van der Waals surface area contributed by atoms with Crippen molar-refractivity contribution in [2.75, 3.05) is 11.5 Å². The lowest BCUT2D eigenvalue weighted by molar-refractivity contribution is 0.502. The molecule has 106 valence electrons. The van der Waals surface area contributed by atoms with Gasteiger partial charge >= 0.3 is 0 Å². The molecule has 3 unspecified atom stereocenters. The third-order valence-electron chi connectivity index (χ3n) is 3.25. The minimum Gasteiger partial charge on any atom is -0.271 e. The molecular weight excluding hydrogens is 286 g/mol. The number of hydrogen-bond donors (Lipinski definition) is 2. The number of hydrazine groups is 1. The van der Waals surface area contributed by atoms with Gasteiger partial charge in [0, 0.05) is 28.1 Å². The highest BCUT2D eigenvalue weighted by atomic mass is 32.2. The molecule has 1 heterocycles. The Hall–Kier alpha value is -0.300. The molecule has 0 aromatic heterocycles. The Balaban J connectivity index is 2.27. The first kappa shape index (κ1) is 15.1. The van der Waals surface area contributed by atoms with Crippen LogP contribution in [0.25, 0.3) is 0 Å². The van der Waals surface area contributed by atoms with E-state index in [1.54, 1.807) is 0 Å². The van der Waals surface area contributed by atoms with E-state index in [-0.39, 0.29) is 11.3 Å². The van der Waals surface area contributed by atoms with Gasteiger partial charge in [0.2, 0.25) is 0 Å². The zero-order chi connectivity index (χ0) is 13.8. The van der Waals surface area contributed by atoms with Gasteiger partial charge < -0.3 is 0 Å². The van der Waals surface area contributed by atoms with Crippen LogP contribution in [-0.4, -0.2) is 22.0 Å². The van der Waals surface area contributed by atoms with E-state index in [0.717, 1.165) is 24.0 Å². The largest absolute Gasteiger partial charge is 0.271 e. The zero-order valence-electron chi connectivity index (χ0n) is 10.7. The van der Waals surface area contributed by atoms with Crippen molar-refractivity contribution in [3.63, 3.8) is 0 Å². The van der Waals surface area contributed by atoms with Crippen molar-refractivity contribution in [1.29, 1.82) is 0 Å². The fraction of sp³-hybridized carbons (Fsp3) is 0.538. The molecule has 1 aliphatic rings. The monoisotopic (exact) mass is 304 g/mol. The normalized spacial score (nSPS) is 25.3. The Kier molecular flexibility index (Phi) is 5.50. The molecule has 0 radical (unpaired) electrons.